The molecule has 1 fully saturated rings. The Labute approximate surface area is 112 Å². The summed E-state index contributed by atoms with van der Waals surface area (Å²) in [6.07, 6.45) is 4.08. The molecule has 106 valence electrons. The van der Waals surface area contributed by atoms with Crippen LogP contribution in [0.15, 0.2) is 0 Å². The Bertz CT molecular complexity index is 259. The first-order valence-electron chi connectivity index (χ1n) is 7.43. The summed E-state index contributed by atoms with van der Waals surface area (Å²) < 4.78 is 0. The summed E-state index contributed by atoms with van der Waals surface area (Å²) in [6, 6.07) is 0.525. The molecule has 1 aliphatic rings. The second-order valence-corrected chi connectivity index (χ2v) is 6.61. The van der Waals surface area contributed by atoms with Gasteiger partial charge in [0, 0.05) is 19.0 Å². The van der Waals surface area contributed by atoms with Crippen molar-refractivity contribution in [3.8, 4) is 0 Å². The molecule has 1 unspecified atom stereocenters. The summed E-state index contributed by atoms with van der Waals surface area (Å²) in [5.41, 5.74) is 5.79. The van der Waals surface area contributed by atoms with Gasteiger partial charge in [-0.25, -0.2) is 0 Å². The third kappa shape index (κ3) is 5.38. The first kappa shape index (κ1) is 15.5. The molecule has 1 aliphatic carbocycles. The van der Waals surface area contributed by atoms with E-state index in [1.807, 2.05) is 0 Å². The molecule has 0 bridgehead atoms. The maximum Gasteiger partial charge on any atom is 0.223 e. The monoisotopic (exact) mass is 254 g/mol. The molecule has 18 heavy (non-hydrogen) atoms. The van der Waals surface area contributed by atoms with Gasteiger partial charge in [0.05, 0.1) is 0 Å². The van der Waals surface area contributed by atoms with Gasteiger partial charge in [-0.2, -0.15) is 0 Å². The largest absolute Gasteiger partial charge is 0.339 e. The second kappa shape index (κ2) is 7.13. The van der Waals surface area contributed by atoms with E-state index in [0.29, 0.717) is 42.7 Å². The van der Waals surface area contributed by atoms with Gasteiger partial charge in [0.15, 0.2) is 0 Å². The lowest BCUT2D eigenvalue weighted by Crippen LogP contribution is -2.38. The molecule has 0 aromatic carbocycles. The van der Waals surface area contributed by atoms with Crippen LogP contribution < -0.4 is 5.73 Å². The zero-order chi connectivity index (χ0) is 13.7. The zero-order valence-electron chi connectivity index (χ0n) is 12.5. The van der Waals surface area contributed by atoms with E-state index in [4.69, 9.17) is 5.73 Å². The molecule has 1 saturated carbocycles. The number of carbonyl (C=O) groups is 1. The van der Waals surface area contributed by atoms with Crippen LogP contribution in [0.2, 0.25) is 0 Å². The molecule has 0 heterocycles. The molecule has 3 nitrogen and oxygen atoms in total. The Morgan fingerprint density at radius 3 is 2.22 bits per heavy atom. The second-order valence-electron chi connectivity index (χ2n) is 6.61. The van der Waals surface area contributed by atoms with Gasteiger partial charge in [-0.15, -0.1) is 0 Å². The molecule has 1 amide bonds. The Morgan fingerprint density at radius 1 is 1.22 bits per heavy atom. The standard InChI is InChI=1S/C15H30N2O/c1-11(2)7-13(9-16)8-15(18)17(10-12(3)4)14-5-6-14/h11-14H,5-10,16H2,1-4H3. The SMILES string of the molecule is CC(C)CC(CN)CC(=O)N(CC(C)C)C1CC1. The predicted molar refractivity (Wildman–Crippen MR) is 76.2 cm³/mol. The smallest absolute Gasteiger partial charge is 0.223 e. The lowest BCUT2D eigenvalue weighted by atomic mass is 9.93. The minimum Gasteiger partial charge on any atom is -0.339 e. The number of hydrogen-bond acceptors (Lipinski definition) is 2. The van der Waals surface area contributed by atoms with Crippen molar-refractivity contribution in [3.05, 3.63) is 0 Å². The highest BCUT2D eigenvalue weighted by Crippen LogP contribution is 2.29. The average Bonchev–Trinajstić information content (AvgIpc) is 3.07. The summed E-state index contributed by atoms with van der Waals surface area (Å²) in [4.78, 5) is 14.5. The molecule has 1 atom stereocenters. The molecule has 0 saturated heterocycles. The molecule has 1 rings (SSSR count). The quantitative estimate of drug-likeness (QED) is 0.724. The lowest BCUT2D eigenvalue weighted by Gasteiger charge is -2.27. The molecule has 0 spiro atoms. The average molecular weight is 254 g/mol. The lowest BCUT2D eigenvalue weighted by molar-refractivity contribution is -0.133. The van der Waals surface area contributed by atoms with Crippen molar-refractivity contribution in [1.29, 1.82) is 0 Å². The Balaban J connectivity index is 2.48. The first-order valence-corrected chi connectivity index (χ1v) is 7.43. The van der Waals surface area contributed by atoms with Crippen LogP contribution in [0.4, 0.5) is 0 Å². The van der Waals surface area contributed by atoms with E-state index in [1.165, 1.54) is 12.8 Å². The van der Waals surface area contributed by atoms with Gasteiger partial charge in [-0.05, 0) is 43.6 Å². The summed E-state index contributed by atoms with van der Waals surface area (Å²) >= 11 is 0. The van der Waals surface area contributed by atoms with Gasteiger partial charge < -0.3 is 10.6 Å². The molecular weight excluding hydrogens is 224 g/mol. The van der Waals surface area contributed by atoms with Gasteiger partial charge in [-0.3, -0.25) is 4.79 Å². The summed E-state index contributed by atoms with van der Waals surface area (Å²) in [5, 5.41) is 0. The Hall–Kier alpha value is -0.570. The van der Waals surface area contributed by atoms with Crippen molar-refractivity contribution in [2.75, 3.05) is 13.1 Å². The number of nitrogens with two attached hydrogens (primary N) is 1. The topological polar surface area (TPSA) is 46.3 Å². The van der Waals surface area contributed by atoms with E-state index < -0.39 is 0 Å². The summed E-state index contributed by atoms with van der Waals surface area (Å²) in [6.45, 7) is 10.3. The van der Waals surface area contributed by atoms with Crippen LogP contribution in [0.5, 0.6) is 0 Å². The van der Waals surface area contributed by atoms with Gasteiger partial charge in [-0.1, -0.05) is 27.7 Å². The Kier molecular flexibility index (Phi) is 6.13. The maximum absolute atomic E-state index is 12.4. The number of amides is 1. The van der Waals surface area contributed by atoms with Crippen LogP contribution in [0.1, 0.15) is 53.4 Å². The molecule has 0 aromatic heterocycles. The summed E-state index contributed by atoms with van der Waals surface area (Å²) in [5.74, 6) is 1.84. The van der Waals surface area contributed by atoms with E-state index >= 15 is 0 Å². The summed E-state index contributed by atoms with van der Waals surface area (Å²) in [7, 11) is 0. The molecule has 0 radical (unpaired) electrons. The van der Waals surface area contributed by atoms with E-state index in [9.17, 15) is 4.79 Å². The highest BCUT2D eigenvalue weighted by Gasteiger charge is 2.33. The highest BCUT2D eigenvalue weighted by atomic mass is 16.2. The molecule has 2 N–H and O–H groups in total. The minimum atomic E-state index is 0.322. The van der Waals surface area contributed by atoms with Crippen LogP contribution in [0.3, 0.4) is 0 Å². The van der Waals surface area contributed by atoms with Crippen LogP contribution in [0, 0.1) is 17.8 Å². The van der Waals surface area contributed by atoms with Gasteiger partial charge >= 0.3 is 0 Å². The van der Waals surface area contributed by atoms with Crippen LogP contribution >= 0.6 is 0 Å². The van der Waals surface area contributed by atoms with Crippen molar-refractivity contribution >= 4 is 5.91 Å². The minimum absolute atomic E-state index is 0.322. The zero-order valence-corrected chi connectivity index (χ0v) is 12.5. The van der Waals surface area contributed by atoms with Gasteiger partial charge in [0.2, 0.25) is 5.91 Å². The van der Waals surface area contributed by atoms with Crippen LogP contribution in [-0.4, -0.2) is 29.9 Å². The fourth-order valence-corrected chi connectivity index (χ4v) is 2.53. The highest BCUT2D eigenvalue weighted by molar-refractivity contribution is 5.77. The molecular formula is C15H30N2O. The molecule has 0 aromatic rings. The van der Waals surface area contributed by atoms with Crippen molar-refractivity contribution in [2.24, 2.45) is 23.5 Å². The van der Waals surface area contributed by atoms with Crippen molar-refractivity contribution < 1.29 is 4.79 Å². The fraction of sp³-hybridized carbons (Fsp3) is 0.933. The van der Waals surface area contributed by atoms with Crippen molar-refractivity contribution in [3.63, 3.8) is 0 Å². The fourth-order valence-electron chi connectivity index (χ4n) is 2.53. The van der Waals surface area contributed by atoms with E-state index in [-0.39, 0.29) is 0 Å². The third-order valence-corrected chi connectivity index (χ3v) is 3.47. The molecule has 0 aliphatic heterocycles. The number of carbonyl (C=O) groups excluding carboxylic acids is 1. The number of rotatable bonds is 8. The van der Waals surface area contributed by atoms with Crippen molar-refractivity contribution in [2.45, 2.75) is 59.4 Å². The van der Waals surface area contributed by atoms with Gasteiger partial charge in [0.25, 0.3) is 0 Å². The van der Waals surface area contributed by atoms with E-state index in [1.54, 1.807) is 0 Å². The van der Waals surface area contributed by atoms with Crippen LogP contribution in [-0.2, 0) is 4.79 Å². The first-order chi connectivity index (χ1) is 8.43. The maximum atomic E-state index is 12.4. The van der Waals surface area contributed by atoms with E-state index in [0.717, 1.165) is 13.0 Å². The molecule has 3 heteroatoms. The number of hydrogen-bond donors (Lipinski definition) is 1. The van der Waals surface area contributed by atoms with E-state index in [2.05, 4.69) is 32.6 Å². The van der Waals surface area contributed by atoms with Crippen LogP contribution in [0.25, 0.3) is 0 Å². The third-order valence-electron chi connectivity index (χ3n) is 3.47. The number of nitrogens with zero attached hydrogens (tertiary/aromatic N) is 1. The normalized spacial score (nSPS) is 17.3. The van der Waals surface area contributed by atoms with Crippen molar-refractivity contribution in [1.82, 2.24) is 4.90 Å². The predicted octanol–water partition coefficient (Wildman–Crippen LogP) is 2.64. The Morgan fingerprint density at radius 2 is 1.83 bits per heavy atom. The van der Waals surface area contributed by atoms with Gasteiger partial charge in [0.1, 0.15) is 0 Å².